The third kappa shape index (κ3) is 6.17. The zero-order valence-electron chi connectivity index (χ0n) is 9.30. The first kappa shape index (κ1) is 14.0. The van der Waals surface area contributed by atoms with Crippen LogP contribution < -0.4 is 0 Å². The molecule has 3 nitrogen and oxygen atoms in total. The Kier molecular flexibility index (Phi) is 6.86. The van der Waals surface area contributed by atoms with E-state index in [0.29, 0.717) is 18.5 Å². The molecule has 15 heavy (non-hydrogen) atoms. The highest BCUT2D eigenvalue weighted by atomic mass is 19.3. The van der Waals surface area contributed by atoms with Gasteiger partial charge < -0.3 is 4.74 Å². The van der Waals surface area contributed by atoms with Crippen molar-refractivity contribution in [1.29, 1.82) is 0 Å². The van der Waals surface area contributed by atoms with Gasteiger partial charge in [0.1, 0.15) is 0 Å². The van der Waals surface area contributed by atoms with E-state index in [-0.39, 0.29) is 6.54 Å². The number of hydrogen-bond acceptors (Lipinski definition) is 3. The normalized spacial score (nSPS) is 12.3. The number of carbonyl (C=O) groups is 1. The summed E-state index contributed by atoms with van der Waals surface area (Å²) in [4.78, 5) is 12.6. The standard InChI is InChI=1S/C10H17F2NO2/c1-4-8(10(14)15-3)5-6-13(2)7-9(11)12/h5,9H,4,6-7H2,1-3H3. The number of methoxy groups -OCH3 is 1. The molecule has 5 heteroatoms. The van der Waals surface area contributed by atoms with Crippen LogP contribution >= 0.6 is 0 Å². The molecular weight excluding hydrogens is 204 g/mol. The number of rotatable bonds is 6. The van der Waals surface area contributed by atoms with Gasteiger partial charge in [-0.3, -0.25) is 4.90 Å². The van der Waals surface area contributed by atoms with Crippen molar-refractivity contribution in [3.8, 4) is 0 Å². The zero-order chi connectivity index (χ0) is 11.8. The van der Waals surface area contributed by atoms with Gasteiger partial charge in [0, 0.05) is 12.1 Å². The highest BCUT2D eigenvalue weighted by Gasteiger charge is 2.09. The van der Waals surface area contributed by atoms with Crippen molar-refractivity contribution in [2.45, 2.75) is 19.8 Å². The van der Waals surface area contributed by atoms with Crippen molar-refractivity contribution >= 4 is 5.97 Å². The van der Waals surface area contributed by atoms with Crippen molar-refractivity contribution in [2.75, 3.05) is 27.2 Å². The number of alkyl halides is 2. The van der Waals surface area contributed by atoms with Crippen LogP contribution in [0.2, 0.25) is 0 Å². The Morgan fingerprint density at radius 2 is 2.13 bits per heavy atom. The Morgan fingerprint density at radius 3 is 2.53 bits per heavy atom. The van der Waals surface area contributed by atoms with Crippen molar-refractivity contribution in [1.82, 2.24) is 4.90 Å². The average molecular weight is 221 g/mol. The van der Waals surface area contributed by atoms with Crippen molar-refractivity contribution in [2.24, 2.45) is 0 Å². The molecule has 0 aromatic rings. The maximum Gasteiger partial charge on any atom is 0.333 e. The number of carbonyl (C=O) groups excluding carboxylic acids is 1. The summed E-state index contributed by atoms with van der Waals surface area (Å²) in [5.41, 5.74) is 0.513. The van der Waals surface area contributed by atoms with E-state index >= 15 is 0 Å². The fraction of sp³-hybridized carbons (Fsp3) is 0.700. The highest BCUT2D eigenvalue weighted by Crippen LogP contribution is 2.04. The molecular formula is C10H17F2NO2. The molecule has 0 unspecified atom stereocenters. The number of halogens is 2. The molecule has 0 N–H and O–H groups in total. The minimum absolute atomic E-state index is 0.297. The van der Waals surface area contributed by atoms with Gasteiger partial charge in [-0.15, -0.1) is 0 Å². The molecule has 0 saturated heterocycles. The van der Waals surface area contributed by atoms with E-state index in [1.807, 2.05) is 6.92 Å². The summed E-state index contributed by atoms with van der Waals surface area (Å²) in [6, 6.07) is 0. The first-order chi connectivity index (χ1) is 7.01. The van der Waals surface area contributed by atoms with E-state index in [0.717, 1.165) is 0 Å². The van der Waals surface area contributed by atoms with E-state index < -0.39 is 12.4 Å². The van der Waals surface area contributed by atoms with E-state index in [4.69, 9.17) is 0 Å². The van der Waals surface area contributed by atoms with E-state index in [1.165, 1.54) is 12.0 Å². The van der Waals surface area contributed by atoms with Gasteiger partial charge in [-0.2, -0.15) is 0 Å². The summed E-state index contributed by atoms with van der Waals surface area (Å²) in [6.45, 7) is 1.84. The van der Waals surface area contributed by atoms with Crippen LogP contribution in [0, 0.1) is 0 Å². The molecule has 0 fully saturated rings. The topological polar surface area (TPSA) is 29.5 Å². The summed E-state index contributed by atoms with van der Waals surface area (Å²) in [7, 11) is 2.88. The second-order valence-corrected chi connectivity index (χ2v) is 3.19. The third-order valence-corrected chi connectivity index (χ3v) is 1.93. The lowest BCUT2D eigenvalue weighted by Crippen LogP contribution is -2.25. The molecule has 88 valence electrons. The number of hydrogen-bond donors (Lipinski definition) is 0. The molecule has 0 spiro atoms. The molecule has 0 aromatic carbocycles. The molecule has 0 amide bonds. The van der Waals surface area contributed by atoms with Crippen LogP contribution in [-0.4, -0.2) is 44.5 Å². The molecule has 0 aliphatic heterocycles. The molecule has 0 saturated carbocycles. The minimum Gasteiger partial charge on any atom is -0.466 e. The van der Waals surface area contributed by atoms with E-state index in [2.05, 4.69) is 4.74 Å². The second-order valence-electron chi connectivity index (χ2n) is 3.19. The number of esters is 1. The van der Waals surface area contributed by atoms with Crippen molar-refractivity contribution < 1.29 is 18.3 Å². The number of nitrogens with zero attached hydrogens (tertiary/aromatic N) is 1. The third-order valence-electron chi connectivity index (χ3n) is 1.93. The summed E-state index contributed by atoms with van der Waals surface area (Å²) >= 11 is 0. The fourth-order valence-electron chi connectivity index (χ4n) is 1.08. The Balaban J connectivity index is 4.16. The van der Waals surface area contributed by atoms with Gasteiger partial charge in [0.15, 0.2) is 0 Å². The quantitative estimate of drug-likeness (QED) is 0.505. The first-order valence-corrected chi connectivity index (χ1v) is 4.75. The summed E-state index contributed by atoms with van der Waals surface area (Å²) in [6.07, 6.45) is -0.199. The lowest BCUT2D eigenvalue weighted by molar-refractivity contribution is -0.136. The van der Waals surface area contributed by atoms with Gasteiger partial charge in [-0.1, -0.05) is 13.0 Å². The lowest BCUT2D eigenvalue weighted by Gasteiger charge is -2.13. The molecule has 0 heterocycles. The average Bonchev–Trinajstić information content (AvgIpc) is 2.17. The minimum atomic E-state index is -2.35. The molecule has 0 aliphatic rings. The highest BCUT2D eigenvalue weighted by molar-refractivity contribution is 5.88. The largest absolute Gasteiger partial charge is 0.466 e. The van der Waals surface area contributed by atoms with Gasteiger partial charge in [0.05, 0.1) is 13.7 Å². The lowest BCUT2D eigenvalue weighted by atomic mass is 10.2. The smallest absolute Gasteiger partial charge is 0.333 e. The predicted molar refractivity (Wildman–Crippen MR) is 53.9 cm³/mol. The molecule has 0 radical (unpaired) electrons. The number of ether oxygens (including phenoxy) is 1. The zero-order valence-corrected chi connectivity index (χ0v) is 9.30. The van der Waals surface area contributed by atoms with Crippen molar-refractivity contribution in [3.05, 3.63) is 11.6 Å². The summed E-state index contributed by atoms with van der Waals surface area (Å²) in [5, 5.41) is 0. The van der Waals surface area contributed by atoms with Crippen LogP contribution in [0.25, 0.3) is 0 Å². The summed E-state index contributed by atoms with van der Waals surface area (Å²) in [5.74, 6) is -0.400. The first-order valence-electron chi connectivity index (χ1n) is 4.75. The van der Waals surface area contributed by atoms with Gasteiger partial charge in [-0.05, 0) is 13.5 Å². The van der Waals surface area contributed by atoms with Gasteiger partial charge >= 0.3 is 5.97 Å². The summed E-state index contributed by atoms with van der Waals surface area (Å²) < 4.78 is 28.5. The van der Waals surface area contributed by atoms with E-state index in [9.17, 15) is 13.6 Å². The van der Waals surface area contributed by atoms with Crippen LogP contribution in [0.5, 0.6) is 0 Å². The molecule has 0 bridgehead atoms. The van der Waals surface area contributed by atoms with Crippen LogP contribution in [0.4, 0.5) is 8.78 Å². The molecule has 0 aliphatic carbocycles. The predicted octanol–water partition coefficient (Wildman–Crippen LogP) is 1.69. The Bertz CT molecular complexity index is 229. The van der Waals surface area contributed by atoms with Crippen LogP contribution in [0.15, 0.2) is 11.6 Å². The molecule has 0 aromatic heterocycles. The number of likely N-dealkylation sites (N-methyl/N-ethyl adjacent to an activating group) is 1. The molecule has 0 atom stereocenters. The SMILES string of the molecule is CCC(=CCN(C)CC(F)F)C(=O)OC. The van der Waals surface area contributed by atoms with Crippen LogP contribution in [0.1, 0.15) is 13.3 Å². The maximum atomic E-state index is 12.0. The molecule has 0 rings (SSSR count). The van der Waals surface area contributed by atoms with Gasteiger partial charge in [0.2, 0.25) is 0 Å². The van der Waals surface area contributed by atoms with Crippen LogP contribution in [0.3, 0.4) is 0 Å². The maximum absolute atomic E-state index is 12.0. The van der Waals surface area contributed by atoms with Gasteiger partial charge in [-0.25, -0.2) is 13.6 Å². The Hall–Kier alpha value is -0.970. The van der Waals surface area contributed by atoms with E-state index in [1.54, 1.807) is 13.1 Å². The van der Waals surface area contributed by atoms with Crippen LogP contribution in [-0.2, 0) is 9.53 Å². The van der Waals surface area contributed by atoms with Crippen molar-refractivity contribution in [3.63, 3.8) is 0 Å². The van der Waals surface area contributed by atoms with Gasteiger partial charge in [0.25, 0.3) is 6.43 Å². The Morgan fingerprint density at radius 1 is 1.53 bits per heavy atom. The Labute approximate surface area is 88.7 Å². The second kappa shape index (κ2) is 7.34. The monoisotopic (exact) mass is 221 g/mol. The fourth-order valence-corrected chi connectivity index (χ4v) is 1.08.